The van der Waals surface area contributed by atoms with Crippen LogP contribution in [0.3, 0.4) is 0 Å². The average molecular weight is 248 g/mol. The Morgan fingerprint density at radius 3 is 2.56 bits per heavy atom. The molecule has 1 heterocycles. The molecular weight excluding hydrogens is 224 g/mol. The number of nitrogen functional groups attached to an aromatic ring is 1. The first-order valence-corrected chi connectivity index (χ1v) is 6.73. The maximum atomic E-state index is 5.87. The maximum Gasteiger partial charge on any atom is 0.123 e. The van der Waals surface area contributed by atoms with E-state index in [1.54, 1.807) is 7.11 Å². The highest BCUT2D eigenvalue weighted by Gasteiger charge is 2.22. The molecule has 1 saturated heterocycles. The topological polar surface area (TPSA) is 38.5 Å². The van der Waals surface area contributed by atoms with Crippen molar-refractivity contribution in [1.82, 2.24) is 4.90 Å². The molecule has 3 heteroatoms. The van der Waals surface area contributed by atoms with Crippen molar-refractivity contribution in [2.45, 2.75) is 26.8 Å². The maximum absolute atomic E-state index is 5.87. The summed E-state index contributed by atoms with van der Waals surface area (Å²) in [6, 6.07) is 5.88. The number of nitrogens with zero attached hydrogens (tertiary/aromatic N) is 1. The van der Waals surface area contributed by atoms with Crippen LogP contribution in [0.2, 0.25) is 0 Å². The van der Waals surface area contributed by atoms with Gasteiger partial charge in [0.2, 0.25) is 0 Å². The predicted molar refractivity (Wildman–Crippen MR) is 75.6 cm³/mol. The minimum atomic E-state index is 0.779. The molecule has 0 saturated carbocycles. The summed E-state index contributed by atoms with van der Waals surface area (Å²) in [5, 5.41) is 0. The van der Waals surface area contributed by atoms with Crippen LogP contribution in [0.4, 0.5) is 5.69 Å². The second-order valence-corrected chi connectivity index (χ2v) is 5.71. The van der Waals surface area contributed by atoms with Gasteiger partial charge in [0, 0.05) is 30.9 Å². The molecule has 100 valence electrons. The van der Waals surface area contributed by atoms with Crippen LogP contribution in [0.15, 0.2) is 18.2 Å². The van der Waals surface area contributed by atoms with E-state index >= 15 is 0 Å². The Kier molecular flexibility index (Phi) is 4.12. The van der Waals surface area contributed by atoms with Gasteiger partial charge in [-0.25, -0.2) is 0 Å². The number of ether oxygens (including phenoxy) is 1. The van der Waals surface area contributed by atoms with E-state index in [2.05, 4.69) is 18.7 Å². The number of nitrogens with two attached hydrogens (primary N) is 1. The molecule has 1 aliphatic heterocycles. The molecule has 0 radical (unpaired) electrons. The quantitative estimate of drug-likeness (QED) is 0.836. The third-order valence-electron chi connectivity index (χ3n) is 3.64. The van der Waals surface area contributed by atoms with Crippen molar-refractivity contribution in [3.05, 3.63) is 23.8 Å². The van der Waals surface area contributed by atoms with Gasteiger partial charge >= 0.3 is 0 Å². The molecule has 0 aromatic heterocycles. The smallest absolute Gasteiger partial charge is 0.123 e. The molecule has 18 heavy (non-hydrogen) atoms. The predicted octanol–water partition coefficient (Wildman–Crippen LogP) is 2.76. The third-order valence-corrected chi connectivity index (χ3v) is 3.64. The largest absolute Gasteiger partial charge is 0.496 e. The molecule has 0 spiro atoms. The van der Waals surface area contributed by atoms with Crippen molar-refractivity contribution in [1.29, 1.82) is 0 Å². The fourth-order valence-corrected chi connectivity index (χ4v) is 3.08. The molecule has 3 nitrogen and oxygen atoms in total. The summed E-state index contributed by atoms with van der Waals surface area (Å²) in [6.45, 7) is 7.94. The second kappa shape index (κ2) is 5.61. The van der Waals surface area contributed by atoms with Crippen LogP contribution in [-0.4, -0.2) is 25.1 Å². The van der Waals surface area contributed by atoms with Crippen molar-refractivity contribution in [2.24, 2.45) is 11.8 Å². The first kappa shape index (κ1) is 13.2. The fourth-order valence-electron chi connectivity index (χ4n) is 3.08. The summed E-state index contributed by atoms with van der Waals surface area (Å²) in [7, 11) is 1.72. The number of hydrogen-bond acceptors (Lipinski definition) is 3. The third kappa shape index (κ3) is 3.16. The summed E-state index contributed by atoms with van der Waals surface area (Å²) in [4.78, 5) is 2.51. The standard InChI is InChI=1S/C15H24N2O/c1-11-6-12(2)9-17(8-11)10-13-7-14(16)4-5-15(13)18-3/h4-5,7,11-12H,6,8-10,16H2,1-3H3. The van der Waals surface area contributed by atoms with Gasteiger partial charge in [-0.05, 0) is 36.5 Å². The monoisotopic (exact) mass is 248 g/mol. The molecular formula is C15H24N2O. The van der Waals surface area contributed by atoms with Crippen molar-refractivity contribution in [3.8, 4) is 5.75 Å². The first-order chi connectivity index (χ1) is 8.58. The van der Waals surface area contributed by atoms with Crippen LogP contribution >= 0.6 is 0 Å². The van der Waals surface area contributed by atoms with E-state index in [0.29, 0.717) is 0 Å². The zero-order chi connectivity index (χ0) is 13.1. The normalized spacial score (nSPS) is 25.1. The van der Waals surface area contributed by atoms with Gasteiger partial charge < -0.3 is 10.5 Å². The lowest BCUT2D eigenvalue weighted by molar-refractivity contribution is 0.133. The summed E-state index contributed by atoms with van der Waals surface area (Å²) in [6.07, 6.45) is 1.34. The minimum Gasteiger partial charge on any atom is -0.496 e. The van der Waals surface area contributed by atoms with Crippen molar-refractivity contribution in [3.63, 3.8) is 0 Å². The summed E-state index contributed by atoms with van der Waals surface area (Å²) >= 11 is 0. The van der Waals surface area contributed by atoms with Crippen LogP contribution in [0.5, 0.6) is 5.75 Å². The number of rotatable bonds is 3. The number of likely N-dealkylation sites (tertiary alicyclic amines) is 1. The molecule has 0 bridgehead atoms. The van der Waals surface area contributed by atoms with Crippen molar-refractivity contribution >= 4 is 5.69 Å². The van der Waals surface area contributed by atoms with Crippen molar-refractivity contribution in [2.75, 3.05) is 25.9 Å². The average Bonchev–Trinajstić information content (AvgIpc) is 2.27. The van der Waals surface area contributed by atoms with Crippen LogP contribution in [0, 0.1) is 11.8 Å². The fraction of sp³-hybridized carbons (Fsp3) is 0.600. The molecule has 1 fully saturated rings. The van der Waals surface area contributed by atoms with Gasteiger partial charge in [-0.2, -0.15) is 0 Å². The molecule has 0 amide bonds. The molecule has 2 atom stereocenters. The van der Waals surface area contributed by atoms with Gasteiger partial charge in [-0.15, -0.1) is 0 Å². The molecule has 0 aliphatic carbocycles. The Bertz CT molecular complexity index is 395. The SMILES string of the molecule is COc1ccc(N)cc1CN1CC(C)CC(C)C1. The highest BCUT2D eigenvalue weighted by atomic mass is 16.5. The van der Waals surface area contributed by atoms with Gasteiger partial charge in [0.15, 0.2) is 0 Å². The van der Waals surface area contributed by atoms with E-state index in [1.165, 1.54) is 25.1 Å². The van der Waals surface area contributed by atoms with Gasteiger partial charge in [0.05, 0.1) is 7.11 Å². The van der Waals surface area contributed by atoms with E-state index in [4.69, 9.17) is 10.5 Å². The Morgan fingerprint density at radius 2 is 1.94 bits per heavy atom. The van der Waals surface area contributed by atoms with E-state index in [0.717, 1.165) is 29.8 Å². The molecule has 1 aliphatic rings. The second-order valence-electron chi connectivity index (χ2n) is 5.71. The van der Waals surface area contributed by atoms with E-state index in [1.807, 2.05) is 18.2 Å². The summed E-state index contributed by atoms with van der Waals surface area (Å²) < 4.78 is 5.41. The Hall–Kier alpha value is -1.22. The summed E-state index contributed by atoms with van der Waals surface area (Å²) in [5.41, 5.74) is 7.87. The number of anilines is 1. The molecule has 2 rings (SSSR count). The zero-order valence-corrected chi connectivity index (χ0v) is 11.6. The highest BCUT2D eigenvalue weighted by Crippen LogP contribution is 2.26. The lowest BCUT2D eigenvalue weighted by Gasteiger charge is -2.35. The van der Waals surface area contributed by atoms with E-state index < -0.39 is 0 Å². The number of methoxy groups -OCH3 is 1. The number of piperidine rings is 1. The van der Waals surface area contributed by atoms with Crippen LogP contribution in [0.25, 0.3) is 0 Å². The van der Waals surface area contributed by atoms with E-state index in [9.17, 15) is 0 Å². The van der Waals surface area contributed by atoms with Crippen LogP contribution < -0.4 is 10.5 Å². The highest BCUT2D eigenvalue weighted by molar-refractivity contribution is 5.47. The van der Waals surface area contributed by atoms with E-state index in [-0.39, 0.29) is 0 Å². The lowest BCUT2D eigenvalue weighted by Crippen LogP contribution is -2.38. The van der Waals surface area contributed by atoms with Gasteiger partial charge in [0.25, 0.3) is 0 Å². The lowest BCUT2D eigenvalue weighted by atomic mass is 9.91. The van der Waals surface area contributed by atoms with Gasteiger partial charge in [-0.1, -0.05) is 13.8 Å². The van der Waals surface area contributed by atoms with Crippen LogP contribution in [0.1, 0.15) is 25.8 Å². The molecule has 1 aromatic rings. The Labute approximate surface area is 110 Å². The molecule has 2 N–H and O–H groups in total. The summed E-state index contributed by atoms with van der Waals surface area (Å²) in [5.74, 6) is 2.50. The molecule has 1 aromatic carbocycles. The minimum absolute atomic E-state index is 0.779. The van der Waals surface area contributed by atoms with Crippen molar-refractivity contribution < 1.29 is 4.74 Å². The number of hydrogen-bond donors (Lipinski definition) is 1. The van der Waals surface area contributed by atoms with Crippen LogP contribution in [-0.2, 0) is 6.54 Å². The Balaban J connectivity index is 2.10. The molecule has 2 unspecified atom stereocenters. The van der Waals surface area contributed by atoms with Gasteiger partial charge in [0.1, 0.15) is 5.75 Å². The zero-order valence-electron chi connectivity index (χ0n) is 11.6. The van der Waals surface area contributed by atoms with Gasteiger partial charge in [-0.3, -0.25) is 4.90 Å². The number of benzene rings is 1. The first-order valence-electron chi connectivity index (χ1n) is 6.73. The Morgan fingerprint density at radius 1 is 1.28 bits per heavy atom.